The minimum absolute atomic E-state index is 0. The first-order valence-electron chi connectivity index (χ1n) is 7.69. The molecule has 1 aromatic carbocycles. The van der Waals surface area contributed by atoms with Gasteiger partial charge in [0.15, 0.2) is 0 Å². The summed E-state index contributed by atoms with van der Waals surface area (Å²) < 4.78 is 5.55. The number of benzene rings is 1. The SMILES string of the molecule is Cl.O=C(CN1C[C@H]2CNC[C@H]2C1)NCCOc1ccccc1. The number of rotatable bonds is 6. The number of para-hydroxylation sites is 1. The van der Waals surface area contributed by atoms with Crippen LogP contribution in [-0.2, 0) is 4.79 Å². The third-order valence-corrected chi connectivity index (χ3v) is 4.27. The maximum atomic E-state index is 11.9. The molecule has 3 rings (SSSR count). The number of carbonyl (C=O) groups is 1. The normalized spacial score (nSPS) is 23.6. The smallest absolute Gasteiger partial charge is 0.234 e. The Balaban J connectivity index is 0.00000176. The van der Waals surface area contributed by atoms with Crippen molar-refractivity contribution in [3.8, 4) is 5.75 Å². The molecule has 0 bridgehead atoms. The number of halogens is 1. The van der Waals surface area contributed by atoms with Gasteiger partial charge in [0, 0.05) is 13.1 Å². The molecule has 2 saturated heterocycles. The van der Waals surface area contributed by atoms with Crippen molar-refractivity contribution in [1.82, 2.24) is 15.5 Å². The highest BCUT2D eigenvalue weighted by atomic mass is 35.5. The summed E-state index contributed by atoms with van der Waals surface area (Å²) in [6, 6.07) is 9.66. The van der Waals surface area contributed by atoms with E-state index in [1.807, 2.05) is 30.3 Å². The maximum Gasteiger partial charge on any atom is 0.234 e. The van der Waals surface area contributed by atoms with Gasteiger partial charge in [-0.15, -0.1) is 12.4 Å². The van der Waals surface area contributed by atoms with E-state index in [1.54, 1.807) is 0 Å². The molecule has 0 spiro atoms. The number of likely N-dealkylation sites (tertiary alicyclic amines) is 1. The zero-order valence-corrected chi connectivity index (χ0v) is 13.5. The van der Waals surface area contributed by atoms with E-state index in [4.69, 9.17) is 4.74 Å². The van der Waals surface area contributed by atoms with Crippen molar-refractivity contribution in [3.05, 3.63) is 30.3 Å². The van der Waals surface area contributed by atoms with Gasteiger partial charge >= 0.3 is 0 Å². The summed E-state index contributed by atoms with van der Waals surface area (Å²) in [6.45, 7) is 5.87. The van der Waals surface area contributed by atoms with Crippen LogP contribution in [0.5, 0.6) is 5.75 Å². The first-order chi connectivity index (χ1) is 10.3. The average Bonchev–Trinajstić information content (AvgIpc) is 3.06. The maximum absolute atomic E-state index is 11.9. The Morgan fingerprint density at radius 3 is 2.59 bits per heavy atom. The minimum Gasteiger partial charge on any atom is -0.492 e. The summed E-state index contributed by atoms with van der Waals surface area (Å²) >= 11 is 0. The van der Waals surface area contributed by atoms with Gasteiger partial charge in [0.25, 0.3) is 0 Å². The minimum atomic E-state index is 0. The van der Waals surface area contributed by atoms with E-state index in [0.717, 1.165) is 43.8 Å². The molecule has 2 aliphatic rings. The Morgan fingerprint density at radius 1 is 1.23 bits per heavy atom. The van der Waals surface area contributed by atoms with E-state index in [-0.39, 0.29) is 18.3 Å². The predicted molar refractivity (Wildman–Crippen MR) is 88.5 cm³/mol. The number of nitrogens with one attached hydrogen (secondary N) is 2. The zero-order chi connectivity index (χ0) is 14.5. The van der Waals surface area contributed by atoms with Gasteiger partial charge in [0.2, 0.25) is 5.91 Å². The van der Waals surface area contributed by atoms with Gasteiger partial charge in [0.05, 0.1) is 13.1 Å². The largest absolute Gasteiger partial charge is 0.492 e. The quantitative estimate of drug-likeness (QED) is 0.758. The van der Waals surface area contributed by atoms with E-state index < -0.39 is 0 Å². The fourth-order valence-corrected chi connectivity index (χ4v) is 3.22. The van der Waals surface area contributed by atoms with E-state index in [0.29, 0.717) is 19.7 Å². The van der Waals surface area contributed by atoms with Crippen molar-refractivity contribution in [2.24, 2.45) is 11.8 Å². The highest BCUT2D eigenvalue weighted by Gasteiger charge is 2.36. The molecular formula is C16H24ClN3O2. The van der Waals surface area contributed by atoms with Crippen molar-refractivity contribution in [2.75, 3.05) is 45.9 Å². The number of carbonyl (C=O) groups excluding carboxylic acids is 1. The summed E-state index contributed by atoms with van der Waals surface area (Å²) in [4.78, 5) is 14.2. The van der Waals surface area contributed by atoms with Crippen LogP contribution in [0.4, 0.5) is 0 Å². The van der Waals surface area contributed by atoms with Gasteiger partial charge in [-0.1, -0.05) is 18.2 Å². The number of nitrogens with zero attached hydrogens (tertiary/aromatic N) is 1. The Morgan fingerprint density at radius 2 is 1.91 bits per heavy atom. The molecule has 2 aliphatic heterocycles. The lowest BCUT2D eigenvalue weighted by Gasteiger charge is -2.16. The van der Waals surface area contributed by atoms with Crippen LogP contribution in [0.1, 0.15) is 0 Å². The molecule has 5 nitrogen and oxygen atoms in total. The molecule has 2 fully saturated rings. The molecule has 2 N–H and O–H groups in total. The molecule has 122 valence electrons. The Hall–Kier alpha value is -1.30. The van der Waals surface area contributed by atoms with Gasteiger partial charge in [-0.3, -0.25) is 9.69 Å². The van der Waals surface area contributed by atoms with Crippen LogP contribution >= 0.6 is 12.4 Å². The lowest BCUT2D eigenvalue weighted by Crippen LogP contribution is -2.38. The van der Waals surface area contributed by atoms with E-state index in [1.165, 1.54) is 0 Å². The van der Waals surface area contributed by atoms with Crippen LogP contribution in [-0.4, -0.2) is 56.7 Å². The second-order valence-electron chi connectivity index (χ2n) is 5.88. The van der Waals surface area contributed by atoms with Crippen molar-refractivity contribution in [1.29, 1.82) is 0 Å². The van der Waals surface area contributed by atoms with Crippen molar-refractivity contribution in [3.63, 3.8) is 0 Å². The monoisotopic (exact) mass is 325 g/mol. The lowest BCUT2D eigenvalue weighted by molar-refractivity contribution is -0.122. The molecule has 2 heterocycles. The molecule has 0 unspecified atom stereocenters. The average molecular weight is 326 g/mol. The van der Waals surface area contributed by atoms with Crippen molar-refractivity contribution >= 4 is 18.3 Å². The van der Waals surface area contributed by atoms with Crippen LogP contribution in [0.3, 0.4) is 0 Å². The number of hydrogen-bond acceptors (Lipinski definition) is 4. The van der Waals surface area contributed by atoms with Crippen LogP contribution in [0.25, 0.3) is 0 Å². The molecule has 1 aromatic rings. The summed E-state index contributed by atoms with van der Waals surface area (Å²) in [5.74, 6) is 2.41. The molecule has 0 aliphatic carbocycles. The standard InChI is InChI=1S/C16H23N3O2.ClH/c20-16(12-19-10-13-8-17-9-14(13)11-19)18-6-7-21-15-4-2-1-3-5-15;/h1-5,13-14,17H,6-12H2,(H,18,20);1H/t13-,14+;. The molecule has 0 aromatic heterocycles. The molecule has 2 atom stereocenters. The molecule has 22 heavy (non-hydrogen) atoms. The van der Waals surface area contributed by atoms with Gasteiger partial charge in [-0.25, -0.2) is 0 Å². The molecule has 6 heteroatoms. The predicted octanol–water partition coefficient (Wildman–Crippen LogP) is 0.755. The van der Waals surface area contributed by atoms with Crippen molar-refractivity contribution in [2.45, 2.75) is 0 Å². The first kappa shape index (κ1) is 17.1. The molecular weight excluding hydrogens is 302 g/mol. The number of hydrogen-bond donors (Lipinski definition) is 2. The second-order valence-corrected chi connectivity index (χ2v) is 5.88. The topological polar surface area (TPSA) is 53.6 Å². The summed E-state index contributed by atoms with van der Waals surface area (Å²) in [7, 11) is 0. The number of fused-ring (bicyclic) bond motifs is 1. The van der Waals surface area contributed by atoms with Gasteiger partial charge in [0.1, 0.15) is 12.4 Å². The van der Waals surface area contributed by atoms with Gasteiger partial charge in [-0.05, 0) is 37.1 Å². The summed E-state index contributed by atoms with van der Waals surface area (Å²) in [5, 5.41) is 6.34. The van der Waals surface area contributed by atoms with Gasteiger partial charge < -0.3 is 15.4 Å². The molecule has 1 amide bonds. The van der Waals surface area contributed by atoms with Crippen molar-refractivity contribution < 1.29 is 9.53 Å². The second kappa shape index (κ2) is 8.36. The number of ether oxygens (including phenoxy) is 1. The molecule has 0 saturated carbocycles. The molecule has 0 radical (unpaired) electrons. The third-order valence-electron chi connectivity index (χ3n) is 4.27. The van der Waals surface area contributed by atoms with Crippen LogP contribution in [0, 0.1) is 11.8 Å². The lowest BCUT2D eigenvalue weighted by atomic mass is 10.0. The zero-order valence-electron chi connectivity index (χ0n) is 12.7. The van der Waals surface area contributed by atoms with Crippen LogP contribution in [0.2, 0.25) is 0 Å². The van der Waals surface area contributed by atoms with Crippen LogP contribution in [0.15, 0.2) is 30.3 Å². The fourth-order valence-electron chi connectivity index (χ4n) is 3.22. The Bertz CT molecular complexity index is 460. The van der Waals surface area contributed by atoms with E-state index in [9.17, 15) is 4.79 Å². The van der Waals surface area contributed by atoms with Crippen LogP contribution < -0.4 is 15.4 Å². The first-order valence-corrected chi connectivity index (χ1v) is 7.69. The third kappa shape index (κ3) is 4.60. The Labute approximate surface area is 137 Å². The van der Waals surface area contributed by atoms with Gasteiger partial charge in [-0.2, -0.15) is 0 Å². The highest BCUT2D eigenvalue weighted by Crippen LogP contribution is 2.25. The highest BCUT2D eigenvalue weighted by molar-refractivity contribution is 5.85. The Kier molecular flexibility index (Phi) is 6.49. The van der Waals surface area contributed by atoms with E-state index >= 15 is 0 Å². The number of amides is 1. The summed E-state index contributed by atoms with van der Waals surface area (Å²) in [6.07, 6.45) is 0. The van der Waals surface area contributed by atoms with E-state index in [2.05, 4.69) is 15.5 Å². The fraction of sp³-hybridized carbons (Fsp3) is 0.562. The summed E-state index contributed by atoms with van der Waals surface area (Å²) in [5.41, 5.74) is 0.